The molecule has 0 spiro atoms. The van der Waals surface area contributed by atoms with Gasteiger partial charge in [0.2, 0.25) is 0 Å². The summed E-state index contributed by atoms with van der Waals surface area (Å²) in [7, 11) is 0. The van der Waals surface area contributed by atoms with Gasteiger partial charge in [-0.15, -0.1) is 24.8 Å². The van der Waals surface area contributed by atoms with E-state index >= 15 is 0 Å². The van der Waals surface area contributed by atoms with E-state index in [1.165, 1.54) is 6.92 Å². The van der Waals surface area contributed by atoms with Gasteiger partial charge >= 0.3 is 18.5 Å². The number of hydrogen-bond donors (Lipinski definition) is 0. The summed E-state index contributed by atoms with van der Waals surface area (Å²) < 4.78 is 83.4. The molecule has 0 N–H and O–H groups in total. The molecule has 130 valence electrons. The zero-order chi connectivity index (χ0) is 17.8. The summed E-state index contributed by atoms with van der Waals surface area (Å²) in [6.07, 6.45) is -11.0. The largest absolute Gasteiger partial charge is 0.573 e. The standard InChI is InChI=1S/C12H10ClF6NO3/c1-2-22-10(21)3-7-6(5-13)8(23-12(17,18)19)4-9(20-7)11(14,15)16/h4H,2-3,5H2,1H3. The maximum absolute atomic E-state index is 12.8. The predicted molar refractivity (Wildman–Crippen MR) is 65.8 cm³/mol. The minimum Gasteiger partial charge on any atom is -0.466 e. The van der Waals surface area contributed by atoms with Crippen molar-refractivity contribution < 1.29 is 40.6 Å². The second-order valence-electron chi connectivity index (χ2n) is 4.09. The molecule has 1 aromatic rings. The first-order valence-electron chi connectivity index (χ1n) is 6.05. The van der Waals surface area contributed by atoms with Crippen LogP contribution in [-0.4, -0.2) is 23.9 Å². The monoisotopic (exact) mass is 365 g/mol. The van der Waals surface area contributed by atoms with Crippen LogP contribution in [0.4, 0.5) is 26.3 Å². The molecule has 0 aliphatic heterocycles. The highest BCUT2D eigenvalue weighted by atomic mass is 35.5. The van der Waals surface area contributed by atoms with Crippen molar-refractivity contribution in [1.82, 2.24) is 4.98 Å². The number of pyridine rings is 1. The second kappa shape index (κ2) is 7.24. The van der Waals surface area contributed by atoms with Crippen molar-refractivity contribution in [1.29, 1.82) is 0 Å². The molecule has 0 aromatic carbocycles. The van der Waals surface area contributed by atoms with E-state index < -0.39 is 53.5 Å². The predicted octanol–water partition coefficient (Wildman–Crippen LogP) is 3.84. The molecule has 23 heavy (non-hydrogen) atoms. The van der Waals surface area contributed by atoms with E-state index in [0.717, 1.165) is 0 Å². The Morgan fingerprint density at radius 3 is 2.30 bits per heavy atom. The molecule has 0 amide bonds. The smallest absolute Gasteiger partial charge is 0.466 e. The van der Waals surface area contributed by atoms with Gasteiger partial charge in [0.15, 0.2) is 0 Å². The third-order valence-corrected chi connectivity index (χ3v) is 2.70. The molecule has 1 aromatic heterocycles. The number of ether oxygens (including phenoxy) is 2. The summed E-state index contributed by atoms with van der Waals surface area (Å²) >= 11 is 5.47. The van der Waals surface area contributed by atoms with Crippen LogP contribution in [0, 0.1) is 0 Å². The fourth-order valence-electron chi connectivity index (χ4n) is 1.60. The molecule has 1 heterocycles. The van der Waals surface area contributed by atoms with Gasteiger partial charge in [0, 0.05) is 11.6 Å². The molecule has 0 saturated heterocycles. The Balaban J connectivity index is 3.40. The minimum atomic E-state index is -5.23. The van der Waals surface area contributed by atoms with Crippen molar-refractivity contribution >= 4 is 17.6 Å². The number of halogens is 7. The van der Waals surface area contributed by atoms with Gasteiger partial charge in [-0.1, -0.05) is 0 Å². The van der Waals surface area contributed by atoms with E-state index in [0.29, 0.717) is 0 Å². The molecule has 4 nitrogen and oxygen atoms in total. The number of nitrogens with zero attached hydrogens (tertiary/aromatic N) is 1. The van der Waals surface area contributed by atoms with Crippen molar-refractivity contribution in [2.75, 3.05) is 6.61 Å². The molecular weight excluding hydrogens is 356 g/mol. The van der Waals surface area contributed by atoms with Gasteiger partial charge in [0.1, 0.15) is 11.4 Å². The van der Waals surface area contributed by atoms with Gasteiger partial charge in [0.05, 0.1) is 24.6 Å². The summed E-state index contributed by atoms with van der Waals surface area (Å²) in [6, 6.07) is 0.0832. The zero-order valence-corrected chi connectivity index (χ0v) is 12.3. The summed E-state index contributed by atoms with van der Waals surface area (Å²) in [5.74, 6) is -2.75. The number of alkyl halides is 7. The number of hydrogen-bond acceptors (Lipinski definition) is 4. The van der Waals surface area contributed by atoms with Crippen molar-refractivity contribution in [3.63, 3.8) is 0 Å². The number of carbonyl (C=O) groups is 1. The van der Waals surface area contributed by atoms with E-state index in [1.807, 2.05) is 0 Å². The van der Waals surface area contributed by atoms with Crippen molar-refractivity contribution in [3.05, 3.63) is 23.0 Å². The number of rotatable bonds is 5. The first-order valence-corrected chi connectivity index (χ1v) is 6.58. The average molecular weight is 366 g/mol. The number of carbonyl (C=O) groups excluding carboxylic acids is 1. The summed E-state index contributed by atoms with van der Waals surface area (Å²) in [5, 5.41) is 0. The van der Waals surface area contributed by atoms with Gasteiger partial charge in [-0.25, -0.2) is 4.98 Å². The molecule has 0 fully saturated rings. The minimum absolute atomic E-state index is 0.0556. The SMILES string of the molecule is CCOC(=O)Cc1nc(C(F)(F)F)cc(OC(F)(F)F)c1CCl. The zero-order valence-electron chi connectivity index (χ0n) is 11.5. The quantitative estimate of drug-likeness (QED) is 0.452. The van der Waals surface area contributed by atoms with E-state index in [2.05, 4.69) is 14.5 Å². The molecule has 0 atom stereocenters. The van der Waals surface area contributed by atoms with Gasteiger partial charge in [0.25, 0.3) is 0 Å². The van der Waals surface area contributed by atoms with Crippen LogP contribution in [0.15, 0.2) is 6.07 Å². The van der Waals surface area contributed by atoms with Crippen LogP contribution in [0.5, 0.6) is 5.75 Å². The third-order valence-electron chi connectivity index (χ3n) is 2.44. The van der Waals surface area contributed by atoms with E-state index in [4.69, 9.17) is 11.6 Å². The van der Waals surface area contributed by atoms with Crippen molar-refractivity contribution in [2.45, 2.75) is 31.8 Å². The van der Waals surface area contributed by atoms with Gasteiger partial charge in [-0.3, -0.25) is 4.79 Å². The lowest BCUT2D eigenvalue weighted by Gasteiger charge is -2.17. The maximum atomic E-state index is 12.8. The first kappa shape index (κ1) is 19.3. The van der Waals surface area contributed by atoms with Crippen LogP contribution < -0.4 is 4.74 Å². The van der Waals surface area contributed by atoms with Crippen LogP contribution >= 0.6 is 11.6 Å². The van der Waals surface area contributed by atoms with Crippen LogP contribution in [0.25, 0.3) is 0 Å². The highest BCUT2D eigenvalue weighted by Gasteiger charge is 2.38. The fraction of sp³-hybridized carbons (Fsp3) is 0.500. The average Bonchev–Trinajstić information content (AvgIpc) is 2.35. The van der Waals surface area contributed by atoms with Gasteiger partial charge in [-0.2, -0.15) is 13.2 Å². The Hall–Kier alpha value is -1.71. The van der Waals surface area contributed by atoms with Crippen molar-refractivity contribution in [3.8, 4) is 5.75 Å². The Morgan fingerprint density at radius 2 is 1.87 bits per heavy atom. The molecule has 0 bridgehead atoms. The Bertz CT molecular complexity index is 573. The lowest BCUT2D eigenvalue weighted by Crippen LogP contribution is -2.21. The van der Waals surface area contributed by atoms with Crippen LogP contribution in [0.3, 0.4) is 0 Å². The Labute approximate surface area is 131 Å². The van der Waals surface area contributed by atoms with E-state index in [1.54, 1.807) is 0 Å². The van der Waals surface area contributed by atoms with E-state index in [9.17, 15) is 31.1 Å². The summed E-state index contributed by atoms with van der Waals surface area (Å²) in [6.45, 7) is 1.40. The molecule has 0 saturated carbocycles. The lowest BCUT2D eigenvalue weighted by atomic mass is 10.1. The Morgan fingerprint density at radius 1 is 1.26 bits per heavy atom. The lowest BCUT2D eigenvalue weighted by molar-refractivity contribution is -0.275. The van der Waals surface area contributed by atoms with Crippen LogP contribution in [0.1, 0.15) is 23.9 Å². The molecule has 0 unspecified atom stereocenters. The summed E-state index contributed by atoms with van der Waals surface area (Å²) in [5.41, 5.74) is -2.69. The van der Waals surface area contributed by atoms with Crippen LogP contribution in [-0.2, 0) is 28.0 Å². The molecule has 1 rings (SSSR count). The number of esters is 1. The highest BCUT2D eigenvalue weighted by Crippen LogP contribution is 2.36. The van der Waals surface area contributed by atoms with Crippen molar-refractivity contribution in [2.24, 2.45) is 0 Å². The number of aromatic nitrogens is 1. The fourth-order valence-corrected chi connectivity index (χ4v) is 1.88. The van der Waals surface area contributed by atoms with Gasteiger partial charge < -0.3 is 9.47 Å². The molecule has 0 radical (unpaired) electrons. The van der Waals surface area contributed by atoms with Gasteiger partial charge in [-0.05, 0) is 6.92 Å². The second-order valence-corrected chi connectivity index (χ2v) is 4.36. The van der Waals surface area contributed by atoms with E-state index in [-0.39, 0.29) is 12.7 Å². The third kappa shape index (κ3) is 5.77. The summed E-state index contributed by atoms with van der Waals surface area (Å²) in [4.78, 5) is 14.6. The van der Waals surface area contributed by atoms with Crippen LogP contribution in [0.2, 0.25) is 0 Å². The molecule has 0 aliphatic rings. The molecule has 11 heteroatoms. The first-order chi connectivity index (χ1) is 10.5. The maximum Gasteiger partial charge on any atom is 0.573 e. The normalized spacial score (nSPS) is 12.2. The Kier molecular flexibility index (Phi) is 6.09. The molecule has 0 aliphatic carbocycles. The topological polar surface area (TPSA) is 48.4 Å². The molecular formula is C12H10ClF6NO3. The highest BCUT2D eigenvalue weighted by molar-refractivity contribution is 6.17.